The van der Waals surface area contributed by atoms with Gasteiger partial charge in [0.2, 0.25) is 18.6 Å². The van der Waals surface area contributed by atoms with Gasteiger partial charge in [-0.05, 0) is 17.7 Å². The molecule has 2 aliphatic rings. The maximum atomic E-state index is 12.1. The maximum Gasteiger partial charge on any atom is 0.243 e. The second-order valence-corrected chi connectivity index (χ2v) is 5.77. The third-order valence-electron chi connectivity index (χ3n) is 4.26. The SMILES string of the molecule is CNC(=O)C1CN(Cc2ccc3c(c2)OCO3)CCN1C(C)=O. The van der Waals surface area contributed by atoms with Crippen LogP contribution in [0.2, 0.25) is 0 Å². The first-order valence-electron chi connectivity index (χ1n) is 7.68. The summed E-state index contributed by atoms with van der Waals surface area (Å²) in [4.78, 5) is 27.6. The molecule has 0 bridgehead atoms. The minimum absolute atomic E-state index is 0.0682. The molecular weight excluding hydrogens is 298 g/mol. The molecule has 1 atom stereocenters. The van der Waals surface area contributed by atoms with Crippen LogP contribution in [-0.4, -0.2) is 61.1 Å². The van der Waals surface area contributed by atoms with Gasteiger partial charge >= 0.3 is 0 Å². The molecule has 124 valence electrons. The molecule has 0 aromatic heterocycles. The Morgan fingerprint density at radius 2 is 2.04 bits per heavy atom. The highest BCUT2D eigenvalue weighted by Gasteiger charge is 2.33. The number of benzene rings is 1. The summed E-state index contributed by atoms with van der Waals surface area (Å²) < 4.78 is 10.7. The second-order valence-electron chi connectivity index (χ2n) is 5.77. The molecule has 1 unspecified atom stereocenters. The minimum Gasteiger partial charge on any atom is -0.454 e. The van der Waals surface area contributed by atoms with Gasteiger partial charge < -0.3 is 19.7 Å². The van der Waals surface area contributed by atoms with Crippen LogP contribution < -0.4 is 14.8 Å². The van der Waals surface area contributed by atoms with Crippen LogP contribution in [0.25, 0.3) is 0 Å². The van der Waals surface area contributed by atoms with E-state index >= 15 is 0 Å². The number of carbonyl (C=O) groups excluding carboxylic acids is 2. The zero-order valence-electron chi connectivity index (χ0n) is 13.4. The molecule has 2 heterocycles. The molecule has 2 aliphatic heterocycles. The molecule has 0 radical (unpaired) electrons. The highest BCUT2D eigenvalue weighted by molar-refractivity contribution is 5.87. The van der Waals surface area contributed by atoms with E-state index in [2.05, 4.69) is 10.2 Å². The molecule has 2 amide bonds. The average Bonchev–Trinajstić information content (AvgIpc) is 3.01. The van der Waals surface area contributed by atoms with E-state index in [1.807, 2.05) is 18.2 Å². The van der Waals surface area contributed by atoms with E-state index in [0.717, 1.165) is 23.6 Å². The Morgan fingerprint density at radius 3 is 2.78 bits per heavy atom. The molecule has 1 fully saturated rings. The van der Waals surface area contributed by atoms with Gasteiger partial charge in [0.25, 0.3) is 0 Å². The third-order valence-corrected chi connectivity index (χ3v) is 4.26. The first-order valence-corrected chi connectivity index (χ1v) is 7.68. The molecule has 0 aliphatic carbocycles. The number of carbonyl (C=O) groups is 2. The number of hydrogen-bond donors (Lipinski definition) is 1. The highest BCUT2D eigenvalue weighted by Crippen LogP contribution is 2.32. The lowest BCUT2D eigenvalue weighted by atomic mass is 10.1. The first-order chi connectivity index (χ1) is 11.1. The van der Waals surface area contributed by atoms with Gasteiger partial charge in [0, 0.05) is 40.2 Å². The van der Waals surface area contributed by atoms with Crippen molar-refractivity contribution in [1.82, 2.24) is 15.1 Å². The van der Waals surface area contributed by atoms with Crippen molar-refractivity contribution in [2.24, 2.45) is 0 Å². The Morgan fingerprint density at radius 1 is 1.26 bits per heavy atom. The normalized spacial score (nSPS) is 20.4. The van der Waals surface area contributed by atoms with Crippen molar-refractivity contribution >= 4 is 11.8 Å². The van der Waals surface area contributed by atoms with Gasteiger partial charge in [-0.15, -0.1) is 0 Å². The van der Waals surface area contributed by atoms with Crippen LogP contribution in [0.5, 0.6) is 11.5 Å². The molecular formula is C16H21N3O4. The Hall–Kier alpha value is -2.28. The van der Waals surface area contributed by atoms with Crippen LogP contribution in [0.15, 0.2) is 18.2 Å². The number of nitrogens with one attached hydrogen (secondary N) is 1. The van der Waals surface area contributed by atoms with Crippen LogP contribution in [0.4, 0.5) is 0 Å². The topological polar surface area (TPSA) is 71.1 Å². The Labute approximate surface area is 135 Å². The van der Waals surface area contributed by atoms with Gasteiger partial charge in [-0.2, -0.15) is 0 Å². The van der Waals surface area contributed by atoms with Crippen molar-refractivity contribution in [3.8, 4) is 11.5 Å². The number of ether oxygens (including phenoxy) is 2. The number of amides is 2. The predicted molar refractivity (Wildman–Crippen MR) is 83.1 cm³/mol. The van der Waals surface area contributed by atoms with E-state index in [1.54, 1.807) is 11.9 Å². The molecule has 1 saturated heterocycles. The van der Waals surface area contributed by atoms with Crippen molar-refractivity contribution in [1.29, 1.82) is 0 Å². The lowest BCUT2D eigenvalue weighted by molar-refractivity contribution is -0.142. The van der Waals surface area contributed by atoms with E-state index in [1.165, 1.54) is 6.92 Å². The van der Waals surface area contributed by atoms with Gasteiger partial charge in [-0.3, -0.25) is 14.5 Å². The summed E-state index contributed by atoms with van der Waals surface area (Å²) in [6.45, 7) is 4.28. The van der Waals surface area contributed by atoms with Crippen LogP contribution in [0.1, 0.15) is 12.5 Å². The van der Waals surface area contributed by atoms with Crippen LogP contribution >= 0.6 is 0 Å². The van der Waals surface area contributed by atoms with Gasteiger partial charge in [0.05, 0.1) is 0 Å². The maximum absolute atomic E-state index is 12.1. The molecule has 3 rings (SSSR count). The molecule has 1 aromatic rings. The minimum atomic E-state index is -0.444. The third kappa shape index (κ3) is 3.24. The van der Waals surface area contributed by atoms with Crippen molar-refractivity contribution in [2.45, 2.75) is 19.5 Å². The number of fused-ring (bicyclic) bond motifs is 1. The van der Waals surface area contributed by atoms with E-state index in [9.17, 15) is 9.59 Å². The van der Waals surface area contributed by atoms with Crippen molar-refractivity contribution in [2.75, 3.05) is 33.5 Å². The van der Waals surface area contributed by atoms with Crippen molar-refractivity contribution in [3.63, 3.8) is 0 Å². The Kier molecular flexibility index (Phi) is 4.38. The molecule has 1 aromatic carbocycles. The fourth-order valence-electron chi connectivity index (χ4n) is 3.05. The lowest BCUT2D eigenvalue weighted by Gasteiger charge is -2.40. The quantitative estimate of drug-likeness (QED) is 0.861. The molecule has 0 saturated carbocycles. The fourth-order valence-corrected chi connectivity index (χ4v) is 3.05. The smallest absolute Gasteiger partial charge is 0.243 e. The monoisotopic (exact) mass is 319 g/mol. The van der Waals surface area contributed by atoms with Crippen LogP contribution in [-0.2, 0) is 16.1 Å². The van der Waals surface area contributed by atoms with Crippen LogP contribution in [0, 0.1) is 0 Å². The average molecular weight is 319 g/mol. The summed E-state index contributed by atoms with van der Waals surface area (Å²) in [5.41, 5.74) is 1.10. The largest absolute Gasteiger partial charge is 0.454 e. The number of piperazine rings is 1. The summed E-state index contributed by atoms with van der Waals surface area (Å²) >= 11 is 0. The highest BCUT2D eigenvalue weighted by atomic mass is 16.7. The van der Waals surface area contributed by atoms with E-state index < -0.39 is 6.04 Å². The molecule has 23 heavy (non-hydrogen) atoms. The molecule has 7 nitrogen and oxygen atoms in total. The van der Waals surface area contributed by atoms with Gasteiger partial charge in [0.1, 0.15) is 6.04 Å². The zero-order valence-corrected chi connectivity index (χ0v) is 13.4. The van der Waals surface area contributed by atoms with Gasteiger partial charge in [0.15, 0.2) is 11.5 Å². The molecule has 1 N–H and O–H groups in total. The fraction of sp³-hybridized carbons (Fsp3) is 0.500. The Bertz CT molecular complexity index is 619. The summed E-state index contributed by atoms with van der Waals surface area (Å²) in [6.07, 6.45) is 0. The first kappa shape index (κ1) is 15.6. The zero-order chi connectivity index (χ0) is 16.4. The number of rotatable bonds is 3. The standard InChI is InChI=1S/C16H21N3O4/c1-11(20)19-6-5-18(9-13(19)16(21)17-2)8-12-3-4-14-15(7-12)23-10-22-14/h3-4,7,13H,5-6,8-10H2,1-2H3,(H,17,21). The second kappa shape index (κ2) is 6.45. The number of nitrogens with zero attached hydrogens (tertiary/aromatic N) is 2. The summed E-state index contributed by atoms with van der Waals surface area (Å²) in [7, 11) is 1.59. The lowest BCUT2D eigenvalue weighted by Crippen LogP contribution is -2.59. The number of hydrogen-bond acceptors (Lipinski definition) is 5. The van der Waals surface area contributed by atoms with Crippen LogP contribution in [0.3, 0.4) is 0 Å². The van der Waals surface area contributed by atoms with Crippen molar-refractivity contribution < 1.29 is 19.1 Å². The van der Waals surface area contributed by atoms with E-state index in [-0.39, 0.29) is 18.6 Å². The van der Waals surface area contributed by atoms with E-state index in [0.29, 0.717) is 19.6 Å². The summed E-state index contributed by atoms with van der Waals surface area (Å²) in [5, 5.41) is 2.64. The molecule has 0 spiro atoms. The van der Waals surface area contributed by atoms with Gasteiger partial charge in [-0.25, -0.2) is 0 Å². The van der Waals surface area contributed by atoms with Crippen molar-refractivity contribution in [3.05, 3.63) is 23.8 Å². The summed E-state index contributed by atoms with van der Waals surface area (Å²) in [6, 6.07) is 5.42. The Balaban J connectivity index is 1.69. The van der Waals surface area contributed by atoms with Gasteiger partial charge in [-0.1, -0.05) is 6.07 Å². The number of likely N-dealkylation sites (N-methyl/N-ethyl adjacent to an activating group) is 1. The van der Waals surface area contributed by atoms with E-state index in [4.69, 9.17) is 9.47 Å². The molecule has 7 heteroatoms. The predicted octanol–water partition coefficient (Wildman–Crippen LogP) is 0.194. The summed E-state index contributed by atoms with van der Waals surface area (Å²) in [5.74, 6) is 1.32.